The van der Waals surface area contributed by atoms with Crippen LogP contribution in [0.3, 0.4) is 0 Å². The molecule has 2 aliphatic rings. The van der Waals surface area contributed by atoms with Gasteiger partial charge in [0.25, 0.3) is 0 Å². The lowest BCUT2D eigenvalue weighted by molar-refractivity contribution is -0.128. The minimum Gasteiger partial charge on any atom is -0.342 e. The van der Waals surface area contributed by atoms with E-state index in [1.54, 1.807) is 19.1 Å². The van der Waals surface area contributed by atoms with Crippen molar-refractivity contribution >= 4 is 28.3 Å². The summed E-state index contributed by atoms with van der Waals surface area (Å²) in [5.41, 5.74) is 2.16. The van der Waals surface area contributed by atoms with Crippen LogP contribution in [0.4, 0.5) is 0 Å². The third-order valence-electron chi connectivity index (χ3n) is 5.30. The van der Waals surface area contributed by atoms with E-state index >= 15 is 0 Å². The highest BCUT2D eigenvalue weighted by atomic mass is 35.5. The van der Waals surface area contributed by atoms with Crippen molar-refractivity contribution in [3.63, 3.8) is 0 Å². The van der Waals surface area contributed by atoms with Gasteiger partial charge in [0.2, 0.25) is 15.9 Å². The van der Waals surface area contributed by atoms with E-state index in [0.717, 1.165) is 36.9 Å². The normalized spacial score (nSPS) is 23.5. The lowest BCUT2D eigenvalue weighted by Crippen LogP contribution is -2.51. The molecule has 0 radical (unpaired) electrons. The first-order chi connectivity index (χ1) is 11.9. The maximum absolute atomic E-state index is 12.8. The third-order valence-corrected chi connectivity index (χ3v) is 6.79. The van der Waals surface area contributed by atoms with Crippen molar-refractivity contribution in [2.75, 3.05) is 19.6 Å². The molecule has 2 atom stereocenters. The topological polar surface area (TPSA) is 78.5 Å². The molecule has 8 heteroatoms. The Morgan fingerprint density at radius 3 is 2.58 bits per heavy atom. The van der Waals surface area contributed by atoms with Gasteiger partial charge in [-0.2, -0.15) is 0 Å². The molecule has 2 N–H and O–H groups in total. The molecule has 0 aliphatic carbocycles. The molecular weight excluding hydrogens is 374 g/mol. The van der Waals surface area contributed by atoms with Crippen LogP contribution in [0, 0.1) is 0 Å². The Morgan fingerprint density at radius 1 is 1.23 bits per heavy atom. The molecule has 1 fully saturated rings. The highest BCUT2D eigenvalue weighted by Crippen LogP contribution is 2.21. The van der Waals surface area contributed by atoms with Crippen molar-refractivity contribution in [2.45, 2.75) is 56.5 Å². The van der Waals surface area contributed by atoms with Gasteiger partial charge in [-0.25, -0.2) is 13.1 Å². The maximum Gasteiger partial charge on any atom is 0.240 e. The number of hydrogen-bond acceptors (Lipinski definition) is 4. The van der Waals surface area contributed by atoms with Crippen molar-refractivity contribution < 1.29 is 13.2 Å². The number of fused-ring (bicyclic) bond motifs is 1. The predicted octanol–water partition coefficient (Wildman–Crippen LogP) is 1.47. The number of carbonyl (C=O) groups is 1. The quantitative estimate of drug-likeness (QED) is 0.804. The van der Waals surface area contributed by atoms with Crippen LogP contribution < -0.4 is 10.0 Å². The second kappa shape index (κ2) is 8.69. The van der Waals surface area contributed by atoms with Crippen LogP contribution in [0.15, 0.2) is 23.1 Å². The average Bonchev–Trinajstić information content (AvgIpc) is 2.79. The van der Waals surface area contributed by atoms with Crippen LogP contribution in [0.1, 0.15) is 37.8 Å². The molecule has 146 valence electrons. The van der Waals surface area contributed by atoms with Crippen LogP contribution >= 0.6 is 12.4 Å². The Labute approximate surface area is 162 Å². The van der Waals surface area contributed by atoms with E-state index < -0.39 is 10.0 Å². The number of hydrogen-bond donors (Lipinski definition) is 2. The van der Waals surface area contributed by atoms with Crippen LogP contribution in [0.25, 0.3) is 0 Å². The van der Waals surface area contributed by atoms with Gasteiger partial charge >= 0.3 is 0 Å². The van der Waals surface area contributed by atoms with Gasteiger partial charge in [-0.3, -0.25) is 4.79 Å². The number of amides is 1. The highest BCUT2D eigenvalue weighted by Gasteiger charge is 2.27. The van der Waals surface area contributed by atoms with Crippen LogP contribution in [0.2, 0.25) is 0 Å². The first kappa shape index (κ1) is 21.2. The summed E-state index contributed by atoms with van der Waals surface area (Å²) in [5.74, 6) is 0.0705. The van der Waals surface area contributed by atoms with Gasteiger partial charge in [-0.15, -0.1) is 12.4 Å². The summed E-state index contributed by atoms with van der Waals surface area (Å²) in [5, 5.41) is 3.32. The molecule has 1 saturated heterocycles. The number of rotatable bonds is 3. The molecule has 1 amide bonds. The Bertz CT molecular complexity index is 754. The van der Waals surface area contributed by atoms with E-state index in [2.05, 4.69) is 10.0 Å². The van der Waals surface area contributed by atoms with E-state index in [1.165, 1.54) is 0 Å². The standard InChI is InChI=1S/C18H27N3O3S.ClH/c1-13-18(4-3-9-19-13)20-25(23,24)17-6-5-15-7-10-21(14(2)22)11-8-16(15)12-17;/h5-6,12-13,18-20H,3-4,7-11H2,1-2H3;1H. The number of carbonyl (C=O) groups excluding carboxylic acids is 1. The lowest BCUT2D eigenvalue weighted by atomic mass is 10.0. The van der Waals surface area contributed by atoms with E-state index in [0.29, 0.717) is 24.4 Å². The Balaban J connectivity index is 0.00000243. The van der Waals surface area contributed by atoms with Gasteiger partial charge in [0, 0.05) is 32.1 Å². The van der Waals surface area contributed by atoms with E-state index in [-0.39, 0.29) is 30.4 Å². The van der Waals surface area contributed by atoms with E-state index in [9.17, 15) is 13.2 Å². The second-order valence-corrected chi connectivity index (χ2v) is 8.76. The van der Waals surface area contributed by atoms with Gasteiger partial charge in [0.05, 0.1) is 4.90 Å². The molecule has 0 aromatic heterocycles. The fourth-order valence-corrected chi connectivity index (χ4v) is 5.06. The van der Waals surface area contributed by atoms with E-state index in [4.69, 9.17) is 0 Å². The first-order valence-electron chi connectivity index (χ1n) is 9.00. The van der Waals surface area contributed by atoms with Gasteiger partial charge in [0.15, 0.2) is 0 Å². The number of nitrogens with zero attached hydrogens (tertiary/aromatic N) is 1. The predicted molar refractivity (Wildman–Crippen MR) is 104 cm³/mol. The first-order valence-corrected chi connectivity index (χ1v) is 10.5. The average molecular weight is 402 g/mol. The summed E-state index contributed by atoms with van der Waals surface area (Å²) < 4.78 is 28.4. The van der Waals surface area contributed by atoms with Gasteiger partial charge < -0.3 is 10.2 Å². The molecule has 2 unspecified atom stereocenters. The van der Waals surface area contributed by atoms with Gasteiger partial charge in [0.1, 0.15) is 0 Å². The molecule has 2 heterocycles. The number of nitrogens with one attached hydrogen (secondary N) is 2. The molecule has 6 nitrogen and oxygen atoms in total. The summed E-state index contributed by atoms with van der Waals surface area (Å²) in [6.45, 7) is 5.86. The Kier molecular flexibility index (Phi) is 7.07. The zero-order valence-corrected chi connectivity index (χ0v) is 17.0. The maximum atomic E-state index is 12.8. The zero-order valence-electron chi connectivity index (χ0n) is 15.3. The minimum atomic E-state index is -3.54. The number of piperidine rings is 1. The van der Waals surface area contributed by atoms with E-state index in [1.807, 2.05) is 17.9 Å². The van der Waals surface area contributed by atoms with Crippen molar-refractivity contribution in [1.82, 2.24) is 14.9 Å². The molecule has 3 rings (SSSR count). The van der Waals surface area contributed by atoms with Crippen LogP contribution in [0.5, 0.6) is 0 Å². The molecular formula is C18H28ClN3O3S. The van der Waals surface area contributed by atoms with Crippen molar-refractivity contribution in [1.29, 1.82) is 0 Å². The number of halogens is 1. The summed E-state index contributed by atoms with van der Waals surface area (Å²) >= 11 is 0. The Morgan fingerprint density at radius 2 is 1.92 bits per heavy atom. The van der Waals surface area contributed by atoms with Crippen LogP contribution in [-0.2, 0) is 27.7 Å². The van der Waals surface area contributed by atoms with Crippen molar-refractivity contribution in [2.24, 2.45) is 0 Å². The third kappa shape index (κ3) is 4.76. The monoisotopic (exact) mass is 401 g/mol. The minimum absolute atomic E-state index is 0. The molecule has 1 aromatic carbocycles. The van der Waals surface area contributed by atoms with Crippen molar-refractivity contribution in [3.8, 4) is 0 Å². The number of benzene rings is 1. The summed E-state index contributed by atoms with van der Waals surface area (Å²) in [6.07, 6.45) is 3.29. The molecule has 0 bridgehead atoms. The molecule has 0 saturated carbocycles. The highest BCUT2D eigenvalue weighted by molar-refractivity contribution is 7.89. The number of sulfonamides is 1. The second-order valence-electron chi connectivity index (χ2n) is 7.05. The SMILES string of the molecule is CC(=O)N1CCc2ccc(S(=O)(=O)NC3CCCNC3C)cc2CC1.Cl. The lowest BCUT2D eigenvalue weighted by Gasteiger charge is -2.30. The molecule has 1 aromatic rings. The van der Waals surface area contributed by atoms with Crippen LogP contribution in [-0.4, -0.2) is 50.9 Å². The summed E-state index contributed by atoms with van der Waals surface area (Å²) in [7, 11) is -3.54. The summed E-state index contributed by atoms with van der Waals surface area (Å²) in [6, 6.07) is 5.42. The van der Waals surface area contributed by atoms with Gasteiger partial charge in [-0.05, 0) is 62.4 Å². The summed E-state index contributed by atoms with van der Waals surface area (Å²) in [4.78, 5) is 13.7. The van der Waals surface area contributed by atoms with Gasteiger partial charge in [-0.1, -0.05) is 6.07 Å². The molecule has 26 heavy (non-hydrogen) atoms. The molecule has 0 spiro atoms. The smallest absolute Gasteiger partial charge is 0.240 e. The molecule has 2 aliphatic heterocycles. The van der Waals surface area contributed by atoms with Crippen molar-refractivity contribution in [3.05, 3.63) is 29.3 Å². The Hall–Kier alpha value is -1.15. The zero-order chi connectivity index (χ0) is 18.0. The fraction of sp³-hybridized carbons (Fsp3) is 0.611. The largest absolute Gasteiger partial charge is 0.342 e. The fourth-order valence-electron chi connectivity index (χ4n) is 3.66.